The summed E-state index contributed by atoms with van der Waals surface area (Å²) in [6, 6.07) is 9.74. The molecule has 0 spiro atoms. The van der Waals surface area contributed by atoms with Crippen molar-refractivity contribution in [3.8, 4) is 0 Å². The summed E-state index contributed by atoms with van der Waals surface area (Å²) < 4.78 is 6.42. The van der Waals surface area contributed by atoms with Gasteiger partial charge in [0, 0.05) is 18.2 Å². The van der Waals surface area contributed by atoms with Gasteiger partial charge < -0.3 is 9.74 Å². The fraction of sp³-hybridized carbons (Fsp3) is 0.727. The van der Waals surface area contributed by atoms with Crippen molar-refractivity contribution in [3.05, 3.63) is 48.0 Å². The van der Waals surface area contributed by atoms with E-state index < -0.39 is 8.32 Å². The molecule has 1 aromatic rings. The van der Waals surface area contributed by atoms with Gasteiger partial charge in [0.25, 0.3) is 0 Å². The molecule has 0 aromatic heterocycles. The Morgan fingerprint density at radius 3 is 1.97 bits per heavy atom. The Morgan fingerprint density at radius 1 is 0.892 bits per heavy atom. The molecular formula is C33H59NO2Si. The Hall–Kier alpha value is -1.23. The number of hydrogen-bond acceptors (Lipinski definition) is 3. The first-order chi connectivity index (χ1) is 17.7. The van der Waals surface area contributed by atoms with Gasteiger partial charge in [-0.15, -0.1) is 0 Å². The van der Waals surface area contributed by atoms with Crippen molar-refractivity contribution in [2.45, 2.75) is 142 Å². The molecule has 37 heavy (non-hydrogen) atoms. The van der Waals surface area contributed by atoms with Crippen LogP contribution in [0.3, 0.4) is 0 Å². The van der Waals surface area contributed by atoms with Crippen LogP contribution in [-0.2, 0) is 4.43 Å². The molecule has 0 bridgehead atoms. The van der Waals surface area contributed by atoms with Gasteiger partial charge in [-0.3, -0.25) is 4.79 Å². The van der Waals surface area contributed by atoms with Crippen LogP contribution in [0.2, 0.25) is 18.1 Å². The maximum Gasteiger partial charge on any atom is 0.191 e. The van der Waals surface area contributed by atoms with Gasteiger partial charge in [0.05, 0.1) is 6.54 Å². The lowest BCUT2D eigenvalue weighted by Gasteiger charge is -2.36. The minimum atomic E-state index is -1.76. The van der Waals surface area contributed by atoms with E-state index in [0.29, 0.717) is 6.54 Å². The van der Waals surface area contributed by atoms with Gasteiger partial charge in [0.15, 0.2) is 14.1 Å². The highest BCUT2D eigenvalue weighted by Crippen LogP contribution is 2.36. The molecule has 0 saturated heterocycles. The van der Waals surface area contributed by atoms with Crippen molar-refractivity contribution in [3.63, 3.8) is 0 Å². The number of allylic oxidation sites excluding steroid dienone is 1. The van der Waals surface area contributed by atoms with E-state index in [1.807, 2.05) is 30.3 Å². The largest absolute Gasteiger partial charge is 0.417 e. The first kappa shape index (κ1) is 33.8. The van der Waals surface area contributed by atoms with Gasteiger partial charge in [0.1, 0.15) is 0 Å². The first-order valence-electron chi connectivity index (χ1n) is 15.3. The van der Waals surface area contributed by atoms with Crippen molar-refractivity contribution >= 4 is 14.1 Å². The topological polar surface area (TPSA) is 38.3 Å². The van der Waals surface area contributed by atoms with E-state index in [9.17, 15) is 4.79 Å². The smallest absolute Gasteiger partial charge is 0.191 e. The molecule has 0 aliphatic rings. The Kier molecular flexibility index (Phi) is 18.1. The number of benzene rings is 1. The van der Waals surface area contributed by atoms with Gasteiger partial charge >= 0.3 is 0 Å². The molecule has 212 valence electrons. The van der Waals surface area contributed by atoms with Gasteiger partial charge in [-0.1, -0.05) is 141 Å². The summed E-state index contributed by atoms with van der Waals surface area (Å²) in [4.78, 5) is 12.6. The van der Waals surface area contributed by atoms with Crippen molar-refractivity contribution in [1.82, 2.24) is 5.32 Å². The molecule has 1 rings (SSSR count). The number of carbonyl (C=O) groups excluding carboxylic acids is 1. The number of rotatable bonds is 22. The minimum absolute atomic E-state index is 0.144. The number of nitrogens with one attached hydrogen (secondary N) is 1. The summed E-state index contributed by atoms with van der Waals surface area (Å²) in [6.07, 6.45) is 23.2. The maximum atomic E-state index is 12.6. The lowest BCUT2D eigenvalue weighted by Crippen LogP contribution is -2.42. The average molecular weight is 530 g/mol. The molecule has 0 aliphatic heterocycles. The summed E-state index contributed by atoms with van der Waals surface area (Å²) in [5.74, 6) is 0.144. The number of ketones is 1. The Bertz CT molecular complexity index is 724. The van der Waals surface area contributed by atoms with Gasteiger partial charge in [-0.05, 0) is 37.4 Å². The summed E-state index contributed by atoms with van der Waals surface area (Å²) in [5.41, 5.74) is 0.770. The first-order valence-corrected chi connectivity index (χ1v) is 18.2. The summed E-state index contributed by atoms with van der Waals surface area (Å²) in [6.45, 7) is 14.8. The SMILES string of the molecule is CCCCCCCCCCCCCC/C=C/[C@H](CCO[Si](C)(C)C(C)(C)C)NCC(=O)c1ccccc1. The van der Waals surface area contributed by atoms with E-state index >= 15 is 0 Å². The number of unbranched alkanes of at least 4 members (excludes halogenated alkanes) is 12. The van der Waals surface area contributed by atoms with E-state index in [1.54, 1.807) is 0 Å². The Morgan fingerprint density at radius 2 is 1.43 bits per heavy atom. The van der Waals surface area contributed by atoms with E-state index in [-0.39, 0.29) is 16.9 Å². The van der Waals surface area contributed by atoms with Crippen molar-refractivity contribution in [2.75, 3.05) is 13.2 Å². The van der Waals surface area contributed by atoms with Crippen LogP contribution < -0.4 is 5.32 Å². The zero-order chi connectivity index (χ0) is 27.4. The summed E-state index contributed by atoms with van der Waals surface area (Å²) >= 11 is 0. The molecule has 0 heterocycles. The third-order valence-corrected chi connectivity index (χ3v) is 12.4. The molecule has 0 fully saturated rings. The highest BCUT2D eigenvalue weighted by Gasteiger charge is 2.36. The van der Waals surface area contributed by atoms with Gasteiger partial charge in [-0.2, -0.15) is 0 Å². The Labute approximate surface area is 231 Å². The van der Waals surface area contributed by atoms with Crippen LogP contribution in [-0.4, -0.2) is 33.3 Å². The number of carbonyl (C=O) groups is 1. The van der Waals surface area contributed by atoms with E-state index in [1.165, 1.54) is 77.0 Å². The fourth-order valence-corrected chi connectivity index (χ4v) is 5.30. The highest BCUT2D eigenvalue weighted by atomic mass is 28.4. The van der Waals surface area contributed by atoms with Crippen LogP contribution in [0, 0.1) is 0 Å². The number of hydrogen-bond donors (Lipinski definition) is 1. The van der Waals surface area contributed by atoms with Gasteiger partial charge in [0.2, 0.25) is 0 Å². The normalized spacial score (nSPS) is 13.4. The van der Waals surface area contributed by atoms with E-state index in [2.05, 4.69) is 58.3 Å². The van der Waals surface area contributed by atoms with Crippen LogP contribution in [0.5, 0.6) is 0 Å². The zero-order valence-electron chi connectivity index (χ0n) is 25.2. The van der Waals surface area contributed by atoms with Crippen LogP contribution in [0.1, 0.15) is 128 Å². The van der Waals surface area contributed by atoms with Crippen LogP contribution in [0.15, 0.2) is 42.5 Å². The maximum absolute atomic E-state index is 12.6. The van der Waals surface area contributed by atoms with E-state index in [0.717, 1.165) is 25.0 Å². The molecule has 4 heteroatoms. The third kappa shape index (κ3) is 16.4. The quantitative estimate of drug-likeness (QED) is 0.0703. The van der Waals surface area contributed by atoms with Crippen molar-refractivity contribution < 1.29 is 9.22 Å². The third-order valence-electron chi connectivity index (χ3n) is 7.91. The predicted octanol–water partition coefficient (Wildman–Crippen LogP) is 9.89. The molecule has 1 N–H and O–H groups in total. The standard InChI is InChI=1S/C33H59NO2Si/c1-7-8-9-10-11-12-13-14-15-16-17-18-19-23-26-31(27-28-36-37(5,6)33(2,3)4)34-29-32(35)30-24-21-20-22-25-30/h20-26,31,34H,7-19,27-29H2,1-6H3/b26-23+/t31-/m1/s1. The second-order valence-corrected chi connectivity index (χ2v) is 17.1. The summed E-state index contributed by atoms with van der Waals surface area (Å²) in [7, 11) is -1.76. The minimum Gasteiger partial charge on any atom is -0.417 e. The van der Waals surface area contributed by atoms with Gasteiger partial charge in [-0.25, -0.2) is 0 Å². The Balaban J connectivity index is 2.34. The van der Waals surface area contributed by atoms with Crippen molar-refractivity contribution in [1.29, 1.82) is 0 Å². The molecule has 0 saturated carbocycles. The van der Waals surface area contributed by atoms with Crippen LogP contribution in [0.25, 0.3) is 0 Å². The molecule has 0 amide bonds. The zero-order valence-corrected chi connectivity index (χ0v) is 26.2. The number of Topliss-reactive ketones (excluding diaryl/α,β-unsaturated/α-hetero) is 1. The molecular weight excluding hydrogens is 470 g/mol. The second-order valence-electron chi connectivity index (χ2n) is 12.3. The molecule has 0 unspecified atom stereocenters. The molecule has 0 aliphatic carbocycles. The highest BCUT2D eigenvalue weighted by molar-refractivity contribution is 6.74. The van der Waals surface area contributed by atoms with Crippen molar-refractivity contribution in [2.24, 2.45) is 0 Å². The second kappa shape index (κ2) is 19.8. The van der Waals surface area contributed by atoms with Crippen LogP contribution in [0.4, 0.5) is 0 Å². The average Bonchev–Trinajstić information content (AvgIpc) is 2.86. The predicted molar refractivity (Wildman–Crippen MR) is 165 cm³/mol. The van der Waals surface area contributed by atoms with E-state index in [4.69, 9.17) is 4.43 Å². The molecule has 0 radical (unpaired) electrons. The summed E-state index contributed by atoms with van der Waals surface area (Å²) in [5, 5.41) is 3.70. The monoisotopic (exact) mass is 529 g/mol. The molecule has 3 nitrogen and oxygen atoms in total. The fourth-order valence-electron chi connectivity index (χ4n) is 4.24. The lowest BCUT2D eigenvalue weighted by molar-refractivity contribution is 0.0987. The lowest BCUT2D eigenvalue weighted by atomic mass is 10.0. The molecule has 1 atom stereocenters. The molecule has 1 aromatic carbocycles. The van der Waals surface area contributed by atoms with Crippen LogP contribution >= 0.6 is 0 Å².